The number of hydrogen-bond donors (Lipinski definition) is 0. The molecule has 4 nitrogen and oxygen atoms in total. The molecular weight excluding hydrogens is 330 g/mol. The molecule has 0 rings (SSSR count). The molecule has 1 unspecified atom stereocenters. The molecule has 0 spiro atoms. The highest BCUT2D eigenvalue weighted by Gasteiger charge is 2.38. The van der Waals surface area contributed by atoms with Crippen LogP contribution in [0.1, 0.15) is 67.7 Å². The van der Waals surface area contributed by atoms with E-state index in [0.29, 0.717) is 24.4 Å². The van der Waals surface area contributed by atoms with E-state index in [-0.39, 0.29) is 11.0 Å². The van der Waals surface area contributed by atoms with E-state index in [1.165, 1.54) is 7.11 Å². The smallest absolute Gasteiger partial charge is 0.305 e. The Morgan fingerprint density at radius 3 is 2.04 bits per heavy atom. The molecule has 1 atom stereocenters. The third-order valence-electron chi connectivity index (χ3n) is 5.55. The van der Waals surface area contributed by atoms with Gasteiger partial charge >= 0.3 is 5.97 Å². The summed E-state index contributed by atoms with van der Waals surface area (Å²) in [5.41, 5.74) is 0. The predicted molar refractivity (Wildman–Crippen MR) is 109 cm³/mol. The predicted octanol–water partition coefficient (Wildman–Crippen LogP) is 5.09. The Labute approximate surface area is 157 Å². The monoisotopic (exact) mass is 373 g/mol. The lowest BCUT2D eigenvalue weighted by Gasteiger charge is -2.42. The first-order valence-electron chi connectivity index (χ1n) is 9.80. The molecule has 0 aliphatic heterocycles. The number of hydrogen-bond acceptors (Lipinski definition) is 4. The molecule has 0 aromatic rings. The molecule has 0 saturated heterocycles. The van der Waals surface area contributed by atoms with Crippen molar-refractivity contribution in [1.82, 2.24) is 4.90 Å². The van der Waals surface area contributed by atoms with Crippen LogP contribution in [0.2, 0.25) is 18.1 Å². The van der Waals surface area contributed by atoms with Gasteiger partial charge < -0.3 is 9.16 Å². The minimum atomic E-state index is -1.74. The van der Waals surface area contributed by atoms with Crippen LogP contribution in [0.5, 0.6) is 0 Å². The molecule has 0 aliphatic rings. The fourth-order valence-electron chi connectivity index (χ4n) is 2.65. The molecule has 0 aromatic heterocycles. The summed E-state index contributed by atoms with van der Waals surface area (Å²) in [6.45, 7) is 22.4. The van der Waals surface area contributed by atoms with Crippen molar-refractivity contribution in [3.8, 4) is 0 Å². The van der Waals surface area contributed by atoms with E-state index in [0.717, 1.165) is 26.0 Å². The molecule has 0 bridgehead atoms. The number of methoxy groups -OCH3 is 1. The molecule has 0 N–H and O–H groups in total. The van der Waals surface area contributed by atoms with Gasteiger partial charge in [-0.25, -0.2) is 0 Å². The molecule has 0 saturated carbocycles. The molecule has 0 radical (unpaired) electrons. The van der Waals surface area contributed by atoms with E-state index in [9.17, 15) is 4.79 Å². The van der Waals surface area contributed by atoms with Crippen LogP contribution < -0.4 is 0 Å². The molecule has 5 heteroatoms. The maximum Gasteiger partial charge on any atom is 0.305 e. The molecule has 25 heavy (non-hydrogen) atoms. The molecule has 0 aromatic carbocycles. The van der Waals surface area contributed by atoms with Gasteiger partial charge in [0, 0.05) is 25.1 Å². The zero-order valence-corrected chi connectivity index (χ0v) is 19.4. The van der Waals surface area contributed by atoms with E-state index < -0.39 is 8.32 Å². The summed E-state index contributed by atoms with van der Waals surface area (Å²) in [5, 5.41) is 0.234. The lowest BCUT2D eigenvalue weighted by molar-refractivity contribution is -0.140. The third kappa shape index (κ3) is 8.69. The first-order chi connectivity index (χ1) is 11.3. The van der Waals surface area contributed by atoms with Gasteiger partial charge in [-0.1, -0.05) is 34.6 Å². The van der Waals surface area contributed by atoms with Gasteiger partial charge in [-0.2, -0.15) is 0 Å². The summed E-state index contributed by atoms with van der Waals surface area (Å²) in [5.74, 6) is 0.422. The van der Waals surface area contributed by atoms with Crippen LogP contribution in [0.15, 0.2) is 0 Å². The normalized spacial score (nSPS) is 14.4. The van der Waals surface area contributed by atoms with E-state index in [2.05, 4.69) is 66.5 Å². The summed E-state index contributed by atoms with van der Waals surface area (Å²) in [6, 6.07) is 0.876. The number of unbranched alkanes of at least 4 members (excludes halogenated alkanes) is 1. The first-order valence-corrected chi connectivity index (χ1v) is 12.7. The average molecular weight is 374 g/mol. The minimum Gasteiger partial charge on any atom is -0.469 e. The van der Waals surface area contributed by atoms with Crippen LogP contribution in [-0.4, -0.2) is 51.5 Å². The maximum absolute atomic E-state index is 11.3. The van der Waals surface area contributed by atoms with Crippen LogP contribution in [0.25, 0.3) is 0 Å². The van der Waals surface area contributed by atoms with Crippen molar-refractivity contribution < 1.29 is 14.0 Å². The van der Waals surface area contributed by atoms with Crippen molar-refractivity contribution in [3.63, 3.8) is 0 Å². The van der Waals surface area contributed by atoms with Gasteiger partial charge in [0.05, 0.1) is 7.11 Å². The second kappa shape index (κ2) is 10.7. The summed E-state index contributed by atoms with van der Waals surface area (Å²) in [6.07, 6.45) is 2.40. The molecule has 0 aliphatic carbocycles. The number of nitrogens with zero attached hydrogens (tertiary/aromatic N) is 1. The number of esters is 1. The second-order valence-electron chi connectivity index (χ2n) is 9.25. The van der Waals surface area contributed by atoms with E-state index in [1.54, 1.807) is 0 Å². The van der Waals surface area contributed by atoms with Crippen LogP contribution in [0, 0.1) is 5.92 Å². The summed E-state index contributed by atoms with van der Waals surface area (Å²) >= 11 is 0. The molecular formula is C20H43NO3Si. The Morgan fingerprint density at radius 1 is 1.08 bits per heavy atom. The van der Waals surface area contributed by atoms with Gasteiger partial charge in [0.25, 0.3) is 0 Å². The van der Waals surface area contributed by atoms with Crippen LogP contribution >= 0.6 is 0 Å². The zero-order valence-electron chi connectivity index (χ0n) is 18.4. The van der Waals surface area contributed by atoms with Crippen LogP contribution in [0.4, 0.5) is 0 Å². The number of rotatable bonds is 11. The summed E-state index contributed by atoms with van der Waals surface area (Å²) in [4.78, 5) is 13.8. The Balaban J connectivity index is 4.83. The average Bonchev–Trinajstić information content (AvgIpc) is 2.47. The van der Waals surface area contributed by atoms with Gasteiger partial charge in [-0.15, -0.1) is 0 Å². The maximum atomic E-state index is 11.3. The highest BCUT2D eigenvalue weighted by molar-refractivity contribution is 6.74. The van der Waals surface area contributed by atoms with Crippen molar-refractivity contribution >= 4 is 14.3 Å². The van der Waals surface area contributed by atoms with Gasteiger partial charge in [-0.3, -0.25) is 9.69 Å². The van der Waals surface area contributed by atoms with Gasteiger partial charge in [0.1, 0.15) is 0 Å². The summed E-state index contributed by atoms with van der Waals surface area (Å²) in [7, 11) is -0.286. The molecule has 150 valence electrons. The van der Waals surface area contributed by atoms with Gasteiger partial charge in [0.15, 0.2) is 8.32 Å². The first kappa shape index (κ1) is 24.6. The highest BCUT2D eigenvalue weighted by Crippen LogP contribution is 2.37. The van der Waals surface area contributed by atoms with Crippen molar-refractivity contribution in [3.05, 3.63) is 0 Å². The number of carbonyl (C=O) groups excluding carboxylic acids is 1. The molecule has 0 fully saturated rings. The van der Waals surface area contributed by atoms with E-state index >= 15 is 0 Å². The van der Waals surface area contributed by atoms with Gasteiger partial charge in [0.2, 0.25) is 0 Å². The standard InChI is InChI=1S/C20H43NO3Si/c1-16(2)18(15-24-25(9,10)20(5,6)7)21(17(3)4)14-12-11-13-19(22)23-8/h16-18H,11-15H2,1-10H3. The van der Waals surface area contributed by atoms with Crippen molar-refractivity contribution in [2.75, 3.05) is 20.3 Å². The largest absolute Gasteiger partial charge is 0.469 e. The Bertz CT molecular complexity index is 389. The lowest BCUT2D eigenvalue weighted by Crippen LogP contribution is -2.50. The fraction of sp³-hybridized carbons (Fsp3) is 0.950. The Morgan fingerprint density at radius 2 is 1.64 bits per heavy atom. The SMILES string of the molecule is COC(=O)CCCCN(C(C)C)C(CO[Si](C)(C)C(C)(C)C)C(C)C. The van der Waals surface area contributed by atoms with E-state index in [1.807, 2.05) is 0 Å². The molecule has 0 heterocycles. The van der Waals surface area contributed by atoms with Crippen molar-refractivity contribution in [2.45, 2.75) is 97.9 Å². The third-order valence-corrected chi connectivity index (χ3v) is 10.1. The minimum absolute atomic E-state index is 0.113. The number of carbonyl (C=O) groups is 1. The second-order valence-corrected chi connectivity index (χ2v) is 14.1. The Hall–Kier alpha value is -0.393. The van der Waals surface area contributed by atoms with Crippen LogP contribution in [-0.2, 0) is 14.0 Å². The lowest BCUT2D eigenvalue weighted by atomic mass is 10.0. The van der Waals surface area contributed by atoms with Crippen molar-refractivity contribution in [2.24, 2.45) is 5.92 Å². The van der Waals surface area contributed by atoms with Crippen molar-refractivity contribution in [1.29, 1.82) is 0 Å². The topological polar surface area (TPSA) is 38.8 Å². The quantitative estimate of drug-likeness (QED) is 0.287. The highest BCUT2D eigenvalue weighted by atomic mass is 28.4. The molecule has 0 amide bonds. The van der Waals surface area contributed by atoms with E-state index in [4.69, 9.17) is 9.16 Å². The number of ether oxygens (including phenoxy) is 1. The van der Waals surface area contributed by atoms with Crippen LogP contribution in [0.3, 0.4) is 0 Å². The summed E-state index contributed by atoms with van der Waals surface area (Å²) < 4.78 is 11.3. The Kier molecular flexibility index (Phi) is 10.5. The zero-order chi connectivity index (χ0) is 19.8. The fourth-order valence-corrected chi connectivity index (χ4v) is 3.67. The van der Waals surface area contributed by atoms with Gasteiger partial charge in [-0.05, 0) is 57.3 Å².